The van der Waals surface area contributed by atoms with Gasteiger partial charge in [0.05, 0.1) is 39.1 Å². The van der Waals surface area contributed by atoms with E-state index in [0.717, 1.165) is 0 Å². The predicted molar refractivity (Wildman–Crippen MR) is 110 cm³/mol. The Labute approximate surface area is 200 Å². The van der Waals surface area contributed by atoms with Crippen LogP contribution in [0.15, 0.2) is 0 Å². The lowest BCUT2D eigenvalue weighted by atomic mass is 9.62. The van der Waals surface area contributed by atoms with Crippen LogP contribution in [0.25, 0.3) is 0 Å². The molecule has 0 saturated heterocycles. The number of aliphatic hydroxyl groups excluding tert-OH is 3. The van der Waals surface area contributed by atoms with E-state index in [0.29, 0.717) is 0 Å². The zero-order chi connectivity index (χ0) is 28.3. The van der Waals surface area contributed by atoms with Gasteiger partial charge in [0.15, 0.2) is 17.3 Å². The van der Waals surface area contributed by atoms with Crippen molar-refractivity contribution < 1.29 is 58.9 Å². The average Bonchev–Trinajstić information content (AvgIpc) is 2.73. The standard InChI is InChI=1S/C18H23N3O15/c22-8-17(9-23,10-24)7-18(14(28)1-11(25)4-19(31)32,15(29)2-12(26)5-20(33)34)16(30)3-13(27)6-21(35)36/h22-24H,1-10H2. The van der Waals surface area contributed by atoms with E-state index in [1.807, 2.05) is 0 Å². The summed E-state index contributed by atoms with van der Waals surface area (Å²) < 4.78 is 0. The normalized spacial score (nSPS) is 11.4. The third-order valence-electron chi connectivity index (χ3n) is 5.06. The molecule has 0 aromatic rings. The number of Topliss-reactive ketones (excluding diaryl/α,β-unsaturated/α-hetero) is 6. The average molecular weight is 521 g/mol. The second kappa shape index (κ2) is 13.9. The van der Waals surface area contributed by atoms with Gasteiger partial charge in [-0.1, -0.05) is 0 Å². The van der Waals surface area contributed by atoms with E-state index < -0.39 is 125 Å². The molecule has 0 bridgehead atoms. The molecule has 0 radical (unpaired) electrons. The number of hydrogen-bond acceptors (Lipinski definition) is 15. The minimum absolute atomic E-state index is 1.15. The van der Waals surface area contributed by atoms with E-state index in [1.54, 1.807) is 0 Å². The maximum atomic E-state index is 13.2. The molecular formula is C18H23N3O15. The summed E-state index contributed by atoms with van der Waals surface area (Å²) in [7, 11) is 0. The number of carbonyl (C=O) groups is 6. The summed E-state index contributed by atoms with van der Waals surface area (Å²) in [6.07, 6.45) is -5.82. The van der Waals surface area contributed by atoms with E-state index in [9.17, 15) is 74.4 Å². The lowest BCUT2D eigenvalue weighted by Crippen LogP contribution is -2.54. The van der Waals surface area contributed by atoms with Crippen LogP contribution in [0.3, 0.4) is 0 Å². The molecule has 0 aromatic heterocycles. The first-order chi connectivity index (χ1) is 16.6. The summed E-state index contributed by atoms with van der Waals surface area (Å²) in [5.41, 5.74) is -5.55. The molecule has 0 unspecified atom stereocenters. The summed E-state index contributed by atoms with van der Waals surface area (Å²) in [6, 6.07) is 0. The van der Waals surface area contributed by atoms with Crippen molar-refractivity contribution in [3.05, 3.63) is 30.3 Å². The third kappa shape index (κ3) is 9.04. The van der Waals surface area contributed by atoms with E-state index in [4.69, 9.17) is 0 Å². The van der Waals surface area contributed by atoms with Gasteiger partial charge in [-0.25, -0.2) is 0 Å². The number of aliphatic hydroxyl groups is 3. The first kappa shape index (κ1) is 32.1. The summed E-state index contributed by atoms with van der Waals surface area (Å²) >= 11 is 0. The number of nitro groups is 3. The van der Waals surface area contributed by atoms with Crippen molar-refractivity contribution in [2.24, 2.45) is 10.8 Å². The molecule has 0 aromatic carbocycles. The molecule has 0 atom stereocenters. The smallest absolute Gasteiger partial charge is 0.261 e. The van der Waals surface area contributed by atoms with Gasteiger partial charge in [-0.3, -0.25) is 59.1 Å². The van der Waals surface area contributed by atoms with Gasteiger partial charge in [0.25, 0.3) is 19.6 Å². The van der Waals surface area contributed by atoms with E-state index >= 15 is 0 Å². The number of rotatable bonds is 20. The number of hydrogen-bond donors (Lipinski definition) is 3. The highest BCUT2D eigenvalue weighted by atomic mass is 16.6. The lowest BCUT2D eigenvalue weighted by Gasteiger charge is -2.38. The Morgan fingerprint density at radius 3 is 1.00 bits per heavy atom. The molecule has 36 heavy (non-hydrogen) atoms. The fraction of sp³-hybridized carbons (Fsp3) is 0.667. The molecule has 0 aliphatic rings. The molecule has 0 fully saturated rings. The first-order valence-corrected chi connectivity index (χ1v) is 9.92. The second-order valence-electron chi connectivity index (χ2n) is 7.94. The minimum Gasteiger partial charge on any atom is -0.396 e. The Morgan fingerprint density at radius 2 is 0.806 bits per heavy atom. The zero-order valence-electron chi connectivity index (χ0n) is 18.7. The van der Waals surface area contributed by atoms with Crippen LogP contribution < -0.4 is 0 Å². The Kier molecular flexibility index (Phi) is 12.4. The van der Waals surface area contributed by atoms with Gasteiger partial charge in [-0.05, 0) is 6.42 Å². The highest BCUT2D eigenvalue weighted by molar-refractivity contribution is 6.31. The highest BCUT2D eigenvalue weighted by Crippen LogP contribution is 2.39. The molecule has 0 amide bonds. The van der Waals surface area contributed by atoms with Crippen molar-refractivity contribution in [3.63, 3.8) is 0 Å². The monoisotopic (exact) mass is 521 g/mol. The number of ketones is 6. The largest absolute Gasteiger partial charge is 0.396 e. The summed E-state index contributed by atoms with van der Waals surface area (Å²) in [6.45, 7) is -7.96. The molecule has 0 rings (SSSR count). The molecule has 0 spiro atoms. The van der Waals surface area contributed by atoms with Crippen molar-refractivity contribution in [1.82, 2.24) is 0 Å². The molecule has 0 aliphatic heterocycles. The Balaban J connectivity index is 6.87. The topological polar surface area (TPSA) is 293 Å². The van der Waals surface area contributed by atoms with Crippen molar-refractivity contribution in [2.75, 3.05) is 39.5 Å². The number of nitrogens with zero attached hydrogens (tertiary/aromatic N) is 3. The van der Waals surface area contributed by atoms with Crippen molar-refractivity contribution >= 4 is 34.7 Å². The van der Waals surface area contributed by atoms with Crippen LogP contribution in [0.4, 0.5) is 0 Å². The van der Waals surface area contributed by atoms with Gasteiger partial charge >= 0.3 is 0 Å². The SMILES string of the molecule is O=C(CC(=O)C(CC(CO)(CO)CO)(C(=O)CC(=O)C[N+](=O)[O-])C(=O)CC(=O)C[N+](=O)[O-])C[N+](=O)[O-]. The van der Waals surface area contributed by atoms with Crippen LogP contribution in [0.2, 0.25) is 0 Å². The molecule has 3 N–H and O–H groups in total. The van der Waals surface area contributed by atoms with Crippen molar-refractivity contribution in [2.45, 2.75) is 25.7 Å². The summed E-state index contributed by atoms with van der Waals surface area (Å²) in [5, 5.41) is 60.8. The molecule has 18 heteroatoms. The molecule has 0 heterocycles. The predicted octanol–water partition coefficient (Wildman–Crippen LogP) is -3.26. The van der Waals surface area contributed by atoms with E-state index in [2.05, 4.69) is 0 Å². The quantitative estimate of drug-likeness (QED) is 0.0804. The van der Waals surface area contributed by atoms with Crippen LogP contribution in [0, 0.1) is 41.2 Å². The maximum absolute atomic E-state index is 13.2. The van der Waals surface area contributed by atoms with Crippen molar-refractivity contribution in [3.8, 4) is 0 Å². The Morgan fingerprint density at radius 1 is 0.556 bits per heavy atom. The zero-order valence-corrected chi connectivity index (χ0v) is 18.7. The van der Waals surface area contributed by atoms with E-state index in [1.165, 1.54) is 0 Å². The third-order valence-corrected chi connectivity index (χ3v) is 5.06. The van der Waals surface area contributed by atoms with Crippen molar-refractivity contribution in [1.29, 1.82) is 0 Å². The van der Waals surface area contributed by atoms with Gasteiger partial charge in [0, 0.05) is 20.2 Å². The molecule has 200 valence electrons. The van der Waals surface area contributed by atoms with Crippen LogP contribution in [0.1, 0.15) is 25.7 Å². The van der Waals surface area contributed by atoms with Crippen LogP contribution in [-0.4, -0.2) is 104 Å². The fourth-order valence-electron chi connectivity index (χ4n) is 3.23. The van der Waals surface area contributed by atoms with E-state index in [-0.39, 0.29) is 0 Å². The van der Waals surface area contributed by atoms with Gasteiger partial charge in [0.2, 0.25) is 17.3 Å². The van der Waals surface area contributed by atoms with Crippen LogP contribution in [0.5, 0.6) is 0 Å². The Hall–Kier alpha value is -3.90. The molecule has 0 saturated carbocycles. The fourth-order valence-corrected chi connectivity index (χ4v) is 3.23. The van der Waals surface area contributed by atoms with Gasteiger partial charge in [0.1, 0.15) is 5.41 Å². The summed E-state index contributed by atoms with van der Waals surface area (Å²) in [4.78, 5) is 104. The van der Waals surface area contributed by atoms with Crippen LogP contribution in [-0.2, 0) is 28.8 Å². The highest BCUT2D eigenvalue weighted by Gasteiger charge is 2.56. The molecule has 18 nitrogen and oxygen atoms in total. The summed E-state index contributed by atoms with van der Waals surface area (Å²) in [5.74, 6) is -9.51. The van der Waals surface area contributed by atoms with Gasteiger partial charge in [-0.2, -0.15) is 0 Å². The Bertz CT molecular complexity index is 843. The molecular weight excluding hydrogens is 498 g/mol. The maximum Gasteiger partial charge on any atom is 0.261 e. The van der Waals surface area contributed by atoms with Crippen LogP contribution >= 0.6 is 0 Å². The molecule has 0 aliphatic carbocycles. The lowest BCUT2D eigenvalue weighted by molar-refractivity contribution is -0.467. The number of carbonyl (C=O) groups excluding carboxylic acids is 6. The first-order valence-electron chi connectivity index (χ1n) is 9.92. The second-order valence-corrected chi connectivity index (χ2v) is 7.94. The van der Waals surface area contributed by atoms with Gasteiger partial charge in [-0.15, -0.1) is 0 Å². The van der Waals surface area contributed by atoms with Gasteiger partial charge < -0.3 is 15.3 Å². The minimum atomic E-state index is -3.31.